The zero-order valence-electron chi connectivity index (χ0n) is 2.83. The van der Waals surface area contributed by atoms with Crippen molar-refractivity contribution >= 4 is 14.5 Å². The second-order valence-corrected chi connectivity index (χ2v) is 2.75. The molecule has 0 aliphatic rings. The van der Waals surface area contributed by atoms with E-state index < -0.39 is 14.5 Å². The molecule has 0 aliphatic heterocycles. The fraction of sp³-hybridized carbons (Fsp3) is 0. The molecule has 0 spiro atoms. The molecule has 0 radical (unpaired) electrons. The maximum atomic E-state index is 9.06. The van der Waals surface area contributed by atoms with Crippen LogP contribution in [0.15, 0.2) is 0 Å². The van der Waals surface area contributed by atoms with Crippen LogP contribution in [0.25, 0.3) is 0 Å². The van der Waals surface area contributed by atoms with Crippen molar-refractivity contribution in [3.05, 3.63) is 0 Å². The molecule has 1 N–H and O–H groups in total. The first-order valence-corrected chi connectivity index (χ1v) is 3.98. The Bertz CT molecular complexity index is 72.1. The standard InChI is InChI=1S/AsH3O5.Cu/c2-1(3,4)6-5;/h5H,(H2,2,3,4);/q;+1/p-2. The molecule has 0 aromatic carbocycles. The number of rotatable bonds is 1. The van der Waals surface area contributed by atoms with Gasteiger partial charge in [-0.1, -0.05) is 0 Å². The minimum atomic E-state index is -5.60. The quantitative estimate of drug-likeness (QED) is 0.289. The van der Waals surface area contributed by atoms with E-state index in [4.69, 9.17) is 17.2 Å². The van der Waals surface area contributed by atoms with Crippen LogP contribution < -0.4 is 8.19 Å². The minimum absolute atomic E-state index is 0. The van der Waals surface area contributed by atoms with Gasteiger partial charge >= 0.3 is 52.6 Å². The third-order valence-electron chi connectivity index (χ3n) is 0.100. The van der Waals surface area contributed by atoms with Gasteiger partial charge in [0.2, 0.25) is 0 Å². The van der Waals surface area contributed by atoms with Gasteiger partial charge in [-0.15, -0.1) is 0 Å². The topological polar surface area (TPSA) is 92.7 Å². The van der Waals surface area contributed by atoms with Crippen molar-refractivity contribution in [2.45, 2.75) is 0 Å². The van der Waals surface area contributed by atoms with E-state index in [2.05, 4.69) is 3.88 Å². The van der Waals surface area contributed by atoms with Crippen molar-refractivity contribution in [2.75, 3.05) is 0 Å². The molecule has 0 saturated heterocycles. The fourth-order valence-electron chi connectivity index (χ4n) is 0. The van der Waals surface area contributed by atoms with Gasteiger partial charge in [0.05, 0.1) is 0 Å². The second kappa shape index (κ2) is 3.69. The molecule has 7 heavy (non-hydrogen) atoms. The van der Waals surface area contributed by atoms with Gasteiger partial charge < -0.3 is 0 Å². The molecule has 0 saturated carbocycles. The summed E-state index contributed by atoms with van der Waals surface area (Å²) in [5.41, 5.74) is 0. The molecule has 0 fully saturated rings. The van der Waals surface area contributed by atoms with Crippen LogP contribution in [0.2, 0.25) is 0 Å². The summed E-state index contributed by atoms with van der Waals surface area (Å²) in [6, 6.07) is 0. The van der Waals surface area contributed by atoms with Crippen molar-refractivity contribution < 1.29 is 38.1 Å². The van der Waals surface area contributed by atoms with E-state index in [9.17, 15) is 0 Å². The predicted molar refractivity (Wildman–Crippen MR) is 10.2 cm³/mol. The molecule has 0 aromatic rings. The van der Waals surface area contributed by atoms with Crippen LogP contribution in [-0.2, 0) is 24.7 Å². The van der Waals surface area contributed by atoms with Gasteiger partial charge in [0, 0.05) is 0 Å². The summed E-state index contributed by atoms with van der Waals surface area (Å²) in [5.74, 6) is 0. The van der Waals surface area contributed by atoms with E-state index in [0.717, 1.165) is 0 Å². The van der Waals surface area contributed by atoms with Crippen LogP contribution >= 0.6 is 0 Å². The van der Waals surface area contributed by atoms with E-state index in [1.54, 1.807) is 0 Å². The third-order valence-corrected chi connectivity index (χ3v) is 0.520. The second-order valence-electron chi connectivity index (χ2n) is 0.529. The van der Waals surface area contributed by atoms with Crippen molar-refractivity contribution in [2.24, 2.45) is 0 Å². The molecule has 0 heterocycles. The predicted octanol–water partition coefficient (Wildman–Crippen LogP) is -2.94. The number of hydrogen-bond acceptors (Lipinski definition) is 5. The first-order valence-electron chi connectivity index (χ1n) is 0.913. The Labute approximate surface area is 53.0 Å². The minimum Gasteiger partial charge on any atom is 1.00 e. The van der Waals surface area contributed by atoms with Crippen molar-refractivity contribution in [3.8, 4) is 0 Å². The van der Waals surface area contributed by atoms with E-state index in [1.807, 2.05) is 0 Å². The summed E-state index contributed by atoms with van der Waals surface area (Å²) in [5, 5.41) is 7.04. The van der Waals surface area contributed by atoms with Gasteiger partial charge in [-0.3, -0.25) is 0 Å². The molecular weight excluding hydrogens is 218 g/mol. The average Bonchev–Trinajstić information content (AvgIpc) is 1.35. The van der Waals surface area contributed by atoms with Crippen LogP contribution in [-0.4, -0.2) is 19.8 Å². The van der Waals surface area contributed by atoms with Crippen molar-refractivity contribution in [3.63, 3.8) is 0 Å². The Balaban J connectivity index is 0. The summed E-state index contributed by atoms with van der Waals surface area (Å²) in [7, 11) is 0. The Kier molecular flexibility index (Phi) is 5.61. The van der Waals surface area contributed by atoms with Crippen LogP contribution in [0, 0.1) is 0 Å². The number of hydrogen-bond donors (Lipinski definition) is 1. The van der Waals surface area contributed by atoms with Gasteiger partial charge in [0.1, 0.15) is 0 Å². The molecule has 0 aliphatic carbocycles. The molecule has 0 amide bonds. The van der Waals surface area contributed by atoms with Crippen LogP contribution in [0.4, 0.5) is 0 Å². The monoisotopic (exact) mass is 219 g/mol. The van der Waals surface area contributed by atoms with Gasteiger partial charge in [0.15, 0.2) is 0 Å². The van der Waals surface area contributed by atoms with Crippen molar-refractivity contribution in [1.82, 2.24) is 0 Å². The van der Waals surface area contributed by atoms with Crippen LogP contribution in [0.1, 0.15) is 0 Å². The van der Waals surface area contributed by atoms with E-state index in [-0.39, 0.29) is 17.1 Å². The van der Waals surface area contributed by atoms with Crippen molar-refractivity contribution in [1.29, 1.82) is 0 Å². The molecule has 0 bridgehead atoms. The Morgan fingerprint density at radius 2 is 1.71 bits per heavy atom. The van der Waals surface area contributed by atoms with Gasteiger partial charge in [-0.25, -0.2) is 0 Å². The maximum absolute atomic E-state index is 9.06. The summed E-state index contributed by atoms with van der Waals surface area (Å²) < 4.78 is 29.6. The largest absolute Gasteiger partial charge is 1.00 e. The molecule has 5 nitrogen and oxygen atoms in total. The normalized spacial score (nSPS) is 10.1. The third kappa shape index (κ3) is 10.8. The summed E-state index contributed by atoms with van der Waals surface area (Å²) in [4.78, 5) is 0. The molecule has 0 atom stereocenters. The first kappa shape index (κ1) is 10.7. The molecule has 0 rings (SSSR count). The summed E-state index contributed by atoms with van der Waals surface area (Å²) in [6.07, 6.45) is 0. The van der Waals surface area contributed by atoms with Crippen LogP contribution in [0.3, 0.4) is 0 Å². The van der Waals surface area contributed by atoms with E-state index >= 15 is 0 Å². The smallest absolute Gasteiger partial charge is 1.00 e. The first-order chi connectivity index (χ1) is 2.56. The zero-order valence-corrected chi connectivity index (χ0v) is 5.65. The summed E-state index contributed by atoms with van der Waals surface area (Å²) >= 11 is -5.60. The van der Waals surface area contributed by atoms with E-state index in [1.165, 1.54) is 0 Å². The van der Waals surface area contributed by atoms with Crippen LogP contribution in [0.5, 0.6) is 0 Å². The molecule has 0 unspecified atom stereocenters. The van der Waals surface area contributed by atoms with Gasteiger partial charge in [-0.2, -0.15) is 0 Å². The Morgan fingerprint density at radius 3 is 1.71 bits per heavy atom. The average molecular weight is 219 g/mol. The Morgan fingerprint density at radius 1 is 1.57 bits per heavy atom. The SMILES string of the molecule is O=[As]([O-])([O-])OO.[Cu+]. The maximum Gasteiger partial charge on any atom is 1.00 e. The summed E-state index contributed by atoms with van der Waals surface area (Å²) in [6.45, 7) is 0. The molecular formula is HAsCuO5-. The van der Waals surface area contributed by atoms with E-state index in [0.29, 0.717) is 0 Å². The Hall–Kier alpha value is 0.718. The zero-order chi connectivity index (χ0) is 5.21. The molecule has 7 heteroatoms. The molecule has 0 aromatic heterocycles. The fourth-order valence-corrected chi connectivity index (χ4v) is 0. The van der Waals surface area contributed by atoms with Gasteiger partial charge in [0.25, 0.3) is 0 Å². The molecule has 48 valence electrons. The van der Waals surface area contributed by atoms with Gasteiger partial charge in [-0.05, 0) is 0 Å².